The first-order chi connectivity index (χ1) is 14.0. The van der Waals surface area contributed by atoms with Gasteiger partial charge in [-0.15, -0.1) is 5.10 Å². The van der Waals surface area contributed by atoms with Crippen molar-refractivity contribution >= 4 is 11.3 Å². The fourth-order valence-corrected chi connectivity index (χ4v) is 2.97. The summed E-state index contributed by atoms with van der Waals surface area (Å²) in [6, 6.07) is 12.8. The topological polar surface area (TPSA) is 114 Å². The zero-order valence-corrected chi connectivity index (χ0v) is 15.3. The molecule has 0 bridgehead atoms. The van der Waals surface area contributed by atoms with Gasteiger partial charge in [-0.2, -0.15) is 0 Å². The second-order valence-electron chi connectivity index (χ2n) is 6.23. The van der Waals surface area contributed by atoms with Gasteiger partial charge in [-0.3, -0.25) is 19.5 Å². The fourth-order valence-electron chi connectivity index (χ4n) is 2.97. The van der Waals surface area contributed by atoms with E-state index in [4.69, 9.17) is 4.74 Å². The Bertz CT molecular complexity index is 1330. The van der Waals surface area contributed by atoms with Crippen molar-refractivity contribution in [3.8, 4) is 11.4 Å². The zero-order chi connectivity index (χ0) is 20.5. The van der Waals surface area contributed by atoms with Crippen LogP contribution in [0.1, 0.15) is 5.56 Å². The molecule has 0 unspecified atom stereocenters. The Morgan fingerprint density at radius 2 is 1.86 bits per heavy atom. The molecule has 0 saturated heterocycles. The van der Waals surface area contributed by atoms with Gasteiger partial charge < -0.3 is 4.74 Å². The van der Waals surface area contributed by atoms with E-state index in [2.05, 4.69) is 5.10 Å². The molecule has 2 aromatic heterocycles. The summed E-state index contributed by atoms with van der Waals surface area (Å²) in [5, 5.41) is 14.9. The van der Waals surface area contributed by atoms with E-state index in [9.17, 15) is 19.7 Å². The third-order valence-electron chi connectivity index (χ3n) is 4.46. The number of rotatable bonds is 5. The second kappa shape index (κ2) is 7.08. The number of nitro groups is 1. The van der Waals surface area contributed by atoms with Crippen LogP contribution in [0.3, 0.4) is 0 Å². The van der Waals surface area contributed by atoms with Crippen molar-refractivity contribution in [2.75, 3.05) is 7.11 Å². The van der Waals surface area contributed by atoms with Gasteiger partial charge in [0.2, 0.25) is 5.65 Å². The molecule has 0 N–H and O–H groups in total. The van der Waals surface area contributed by atoms with Gasteiger partial charge in [-0.25, -0.2) is 13.9 Å². The number of hydrogen-bond donors (Lipinski definition) is 0. The Balaban J connectivity index is 1.75. The molecule has 29 heavy (non-hydrogen) atoms. The normalized spacial score (nSPS) is 10.9. The number of nitrogens with zero attached hydrogens (tertiary/aromatic N) is 5. The quantitative estimate of drug-likeness (QED) is 0.376. The molecular weight excluding hydrogens is 378 g/mol. The summed E-state index contributed by atoms with van der Waals surface area (Å²) < 4.78 is 8.88. The lowest BCUT2D eigenvalue weighted by Gasteiger charge is -2.07. The monoisotopic (exact) mass is 393 g/mol. The molecule has 0 atom stereocenters. The van der Waals surface area contributed by atoms with Crippen LogP contribution < -0.4 is 16.0 Å². The number of ether oxygens (including phenoxy) is 1. The number of benzene rings is 2. The molecule has 10 heteroatoms. The SMILES string of the molecule is COc1cccc(-n2ccn3c(=O)n(Cc4ccc([N+](=O)[O-])cc4)nc3c2=O)c1. The molecule has 0 aliphatic heterocycles. The average molecular weight is 393 g/mol. The number of aromatic nitrogens is 4. The molecular formula is C19H15N5O5. The highest BCUT2D eigenvalue weighted by atomic mass is 16.6. The Kier molecular flexibility index (Phi) is 4.43. The third kappa shape index (κ3) is 3.27. The van der Waals surface area contributed by atoms with Crippen molar-refractivity contribution in [1.82, 2.24) is 18.7 Å². The number of methoxy groups -OCH3 is 1. The predicted molar refractivity (Wildman–Crippen MR) is 104 cm³/mol. The average Bonchev–Trinajstić information content (AvgIpc) is 3.05. The van der Waals surface area contributed by atoms with Crippen molar-refractivity contribution in [2.24, 2.45) is 0 Å². The second-order valence-corrected chi connectivity index (χ2v) is 6.23. The third-order valence-corrected chi connectivity index (χ3v) is 4.46. The lowest BCUT2D eigenvalue weighted by atomic mass is 10.2. The van der Waals surface area contributed by atoms with Gasteiger partial charge in [0.05, 0.1) is 24.3 Å². The molecule has 0 amide bonds. The van der Waals surface area contributed by atoms with Crippen molar-refractivity contribution in [2.45, 2.75) is 6.54 Å². The van der Waals surface area contributed by atoms with Crippen LogP contribution in [0.2, 0.25) is 0 Å². The lowest BCUT2D eigenvalue weighted by molar-refractivity contribution is -0.384. The van der Waals surface area contributed by atoms with Gasteiger partial charge in [-0.05, 0) is 17.7 Å². The van der Waals surface area contributed by atoms with Gasteiger partial charge in [0, 0.05) is 30.6 Å². The number of non-ortho nitro benzene ring substituents is 1. The molecule has 2 heterocycles. The van der Waals surface area contributed by atoms with Gasteiger partial charge >= 0.3 is 11.2 Å². The van der Waals surface area contributed by atoms with Gasteiger partial charge in [0.15, 0.2) is 0 Å². The molecule has 4 rings (SSSR count). The molecule has 0 spiro atoms. The fraction of sp³-hybridized carbons (Fsp3) is 0.105. The first-order valence-electron chi connectivity index (χ1n) is 8.56. The van der Waals surface area contributed by atoms with E-state index in [1.807, 2.05) is 0 Å². The molecule has 0 aliphatic rings. The number of hydrogen-bond acceptors (Lipinski definition) is 6. The summed E-state index contributed by atoms with van der Waals surface area (Å²) in [5.74, 6) is 0.593. The molecule has 0 aliphatic carbocycles. The summed E-state index contributed by atoms with van der Waals surface area (Å²) >= 11 is 0. The minimum atomic E-state index is -0.498. The maximum atomic E-state index is 12.9. The van der Waals surface area contributed by atoms with E-state index in [-0.39, 0.29) is 17.9 Å². The van der Waals surface area contributed by atoms with E-state index < -0.39 is 16.2 Å². The predicted octanol–water partition coefficient (Wildman–Crippen LogP) is 1.61. The number of fused-ring (bicyclic) bond motifs is 1. The van der Waals surface area contributed by atoms with Gasteiger partial charge in [0.25, 0.3) is 5.69 Å². The minimum absolute atomic E-state index is 0.0257. The van der Waals surface area contributed by atoms with Crippen LogP contribution in [0.5, 0.6) is 5.75 Å². The summed E-state index contributed by atoms with van der Waals surface area (Å²) in [6.07, 6.45) is 2.96. The van der Waals surface area contributed by atoms with Crippen LogP contribution in [0.4, 0.5) is 5.69 Å². The zero-order valence-electron chi connectivity index (χ0n) is 15.3. The van der Waals surface area contributed by atoms with E-state index in [0.29, 0.717) is 17.0 Å². The highest BCUT2D eigenvalue weighted by Crippen LogP contribution is 2.15. The maximum Gasteiger partial charge on any atom is 0.350 e. The van der Waals surface area contributed by atoms with Crippen LogP contribution in [-0.4, -0.2) is 30.8 Å². The lowest BCUT2D eigenvalue weighted by Crippen LogP contribution is -2.24. The Labute approximate surface area is 163 Å². The van der Waals surface area contributed by atoms with Crippen molar-refractivity contribution in [1.29, 1.82) is 0 Å². The van der Waals surface area contributed by atoms with Crippen molar-refractivity contribution in [3.05, 3.63) is 97.4 Å². The highest BCUT2D eigenvalue weighted by Gasteiger charge is 2.14. The van der Waals surface area contributed by atoms with Crippen LogP contribution in [0.15, 0.2) is 70.5 Å². The van der Waals surface area contributed by atoms with Crippen LogP contribution >= 0.6 is 0 Å². The Morgan fingerprint density at radius 3 is 2.55 bits per heavy atom. The largest absolute Gasteiger partial charge is 0.497 e. The summed E-state index contributed by atoms with van der Waals surface area (Å²) in [7, 11) is 1.53. The summed E-state index contributed by atoms with van der Waals surface area (Å²) in [5.41, 5.74) is 0.219. The standard InChI is InChI=1S/C19H15N5O5/c1-29-16-4-2-3-15(11-16)21-9-10-22-17(18(21)25)20-23(19(22)26)12-13-5-7-14(8-6-13)24(27)28/h2-11H,12H2,1H3. The van der Waals surface area contributed by atoms with E-state index >= 15 is 0 Å². The van der Waals surface area contributed by atoms with Crippen LogP contribution in [-0.2, 0) is 6.54 Å². The van der Waals surface area contributed by atoms with E-state index in [0.717, 1.165) is 4.68 Å². The summed E-state index contributed by atoms with van der Waals surface area (Å²) in [6.45, 7) is 0.0805. The van der Waals surface area contributed by atoms with Crippen LogP contribution in [0, 0.1) is 10.1 Å². The molecule has 4 aromatic rings. The van der Waals surface area contributed by atoms with Gasteiger partial charge in [0.1, 0.15) is 5.75 Å². The molecule has 10 nitrogen and oxygen atoms in total. The maximum absolute atomic E-state index is 12.9. The van der Waals surface area contributed by atoms with Gasteiger partial charge in [-0.1, -0.05) is 18.2 Å². The van der Waals surface area contributed by atoms with Crippen LogP contribution in [0.25, 0.3) is 11.3 Å². The molecule has 0 saturated carbocycles. The summed E-state index contributed by atoms with van der Waals surface area (Å²) in [4.78, 5) is 35.7. The smallest absolute Gasteiger partial charge is 0.350 e. The molecule has 2 aromatic carbocycles. The minimum Gasteiger partial charge on any atom is -0.497 e. The Hall–Kier alpha value is -4.21. The highest BCUT2D eigenvalue weighted by molar-refractivity contribution is 5.43. The molecule has 0 fully saturated rings. The number of nitro benzene ring substituents is 1. The molecule has 146 valence electrons. The van der Waals surface area contributed by atoms with E-state index in [1.165, 1.54) is 40.6 Å². The first kappa shape index (κ1) is 18.2. The molecule has 0 radical (unpaired) electrons. The van der Waals surface area contributed by atoms with Crippen molar-refractivity contribution < 1.29 is 9.66 Å². The first-order valence-corrected chi connectivity index (χ1v) is 8.56. The van der Waals surface area contributed by atoms with Crippen molar-refractivity contribution in [3.63, 3.8) is 0 Å². The van der Waals surface area contributed by atoms with E-state index in [1.54, 1.807) is 36.4 Å². The Morgan fingerprint density at radius 1 is 1.10 bits per heavy atom.